The van der Waals surface area contributed by atoms with Crippen LogP contribution in [0, 0.1) is 18.3 Å². The van der Waals surface area contributed by atoms with E-state index >= 15 is 0 Å². The first-order valence-corrected chi connectivity index (χ1v) is 7.54. The minimum Gasteiger partial charge on any atom is -0.490 e. The van der Waals surface area contributed by atoms with E-state index in [1.54, 1.807) is 26.0 Å². The second kappa shape index (κ2) is 7.20. The Bertz CT molecular complexity index is 897. The number of nitrogens with one attached hydrogen (secondary N) is 1. The second-order valence-corrected chi connectivity index (χ2v) is 5.40. The van der Waals surface area contributed by atoms with Crippen LogP contribution in [0.15, 0.2) is 23.0 Å². The molecular weight excluding hydrogens is 332 g/mol. The number of aryl methyl sites for hydroxylation is 1. The zero-order valence-electron chi connectivity index (χ0n) is 13.4. The molecule has 0 unspecified atom stereocenters. The Labute approximate surface area is 143 Å². The zero-order chi connectivity index (χ0) is 17.9. The summed E-state index contributed by atoms with van der Waals surface area (Å²) in [5.41, 5.74) is 1.04. The van der Waals surface area contributed by atoms with Crippen molar-refractivity contribution >= 4 is 17.6 Å². The number of ether oxygens (including phenoxy) is 2. The molecule has 0 fully saturated rings. The first-order chi connectivity index (χ1) is 11.4. The summed E-state index contributed by atoms with van der Waals surface area (Å²) in [4.78, 5) is 25.8. The van der Waals surface area contributed by atoms with Gasteiger partial charge in [-0.25, -0.2) is 0 Å². The van der Waals surface area contributed by atoms with E-state index in [0.29, 0.717) is 23.4 Å². The Morgan fingerprint density at radius 2 is 2.08 bits per heavy atom. The zero-order valence-corrected chi connectivity index (χ0v) is 14.2. The first kappa shape index (κ1) is 17.6. The SMILES string of the molecule is CCOc1cc(-c2cc(C)[nH]c(=O)c2C#N)cc(Cl)c1OC(C)=O. The Morgan fingerprint density at radius 3 is 2.67 bits per heavy atom. The third-order valence-electron chi connectivity index (χ3n) is 3.15. The molecule has 2 rings (SSSR count). The number of benzene rings is 1. The summed E-state index contributed by atoms with van der Waals surface area (Å²) in [5.74, 6) is -0.165. The molecule has 1 heterocycles. The van der Waals surface area contributed by atoms with Crippen molar-refractivity contribution in [2.45, 2.75) is 20.8 Å². The van der Waals surface area contributed by atoms with Gasteiger partial charge in [-0.1, -0.05) is 11.6 Å². The van der Waals surface area contributed by atoms with E-state index < -0.39 is 11.5 Å². The van der Waals surface area contributed by atoms with Gasteiger partial charge in [0.2, 0.25) is 0 Å². The summed E-state index contributed by atoms with van der Waals surface area (Å²) in [6, 6.07) is 6.68. The number of aromatic nitrogens is 1. The molecule has 0 aliphatic heterocycles. The average Bonchev–Trinajstić information content (AvgIpc) is 2.49. The highest BCUT2D eigenvalue weighted by Crippen LogP contribution is 2.40. The summed E-state index contributed by atoms with van der Waals surface area (Å²) < 4.78 is 10.6. The van der Waals surface area contributed by atoms with E-state index in [2.05, 4.69) is 4.98 Å². The molecule has 0 saturated carbocycles. The molecule has 0 spiro atoms. The quantitative estimate of drug-likeness (QED) is 0.678. The van der Waals surface area contributed by atoms with Crippen LogP contribution in [0.1, 0.15) is 25.1 Å². The van der Waals surface area contributed by atoms with Crippen LogP contribution in [-0.2, 0) is 4.79 Å². The van der Waals surface area contributed by atoms with Crippen LogP contribution in [0.2, 0.25) is 5.02 Å². The number of pyridine rings is 1. The first-order valence-electron chi connectivity index (χ1n) is 7.16. The lowest BCUT2D eigenvalue weighted by Crippen LogP contribution is -2.13. The molecule has 1 aromatic heterocycles. The maximum absolute atomic E-state index is 12.0. The summed E-state index contributed by atoms with van der Waals surface area (Å²) in [6.45, 7) is 5.07. The molecule has 0 saturated heterocycles. The highest BCUT2D eigenvalue weighted by atomic mass is 35.5. The number of esters is 1. The molecule has 7 heteroatoms. The molecule has 1 aromatic carbocycles. The van der Waals surface area contributed by atoms with E-state index in [1.165, 1.54) is 13.0 Å². The van der Waals surface area contributed by atoms with Crippen LogP contribution in [0.25, 0.3) is 11.1 Å². The summed E-state index contributed by atoms with van der Waals surface area (Å²) in [6.07, 6.45) is 0. The number of hydrogen-bond acceptors (Lipinski definition) is 5. The second-order valence-electron chi connectivity index (χ2n) is 4.99. The lowest BCUT2D eigenvalue weighted by molar-refractivity contribution is -0.132. The maximum Gasteiger partial charge on any atom is 0.308 e. The predicted molar refractivity (Wildman–Crippen MR) is 89.4 cm³/mol. The van der Waals surface area contributed by atoms with E-state index in [1.807, 2.05) is 6.07 Å². The molecular formula is C17H15ClN2O4. The molecule has 0 radical (unpaired) electrons. The van der Waals surface area contributed by atoms with Gasteiger partial charge < -0.3 is 14.5 Å². The van der Waals surface area contributed by atoms with E-state index in [-0.39, 0.29) is 22.1 Å². The fraction of sp³-hybridized carbons (Fsp3) is 0.235. The fourth-order valence-corrected chi connectivity index (χ4v) is 2.51. The van der Waals surface area contributed by atoms with Crippen molar-refractivity contribution in [1.82, 2.24) is 4.98 Å². The number of rotatable bonds is 4. The van der Waals surface area contributed by atoms with Crippen molar-refractivity contribution in [3.63, 3.8) is 0 Å². The van der Waals surface area contributed by atoms with Gasteiger partial charge in [-0.05, 0) is 37.6 Å². The Kier molecular flexibility index (Phi) is 5.27. The molecule has 0 aliphatic rings. The normalized spacial score (nSPS) is 10.1. The Hall–Kier alpha value is -2.78. The van der Waals surface area contributed by atoms with Crippen LogP contribution in [0.4, 0.5) is 0 Å². The van der Waals surface area contributed by atoms with Crippen LogP contribution in [0.3, 0.4) is 0 Å². The van der Waals surface area contributed by atoms with Crippen molar-refractivity contribution < 1.29 is 14.3 Å². The van der Waals surface area contributed by atoms with Crippen molar-refractivity contribution in [3.05, 3.63) is 44.8 Å². The number of carbonyl (C=O) groups excluding carboxylic acids is 1. The predicted octanol–water partition coefficient (Wildman–Crippen LogP) is 3.20. The third-order valence-corrected chi connectivity index (χ3v) is 3.43. The smallest absolute Gasteiger partial charge is 0.308 e. The van der Waals surface area contributed by atoms with Gasteiger partial charge in [-0.2, -0.15) is 5.26 Å². The van der Waals surface area contributed by atoms with Gasteiger partial charge in [-0.15, -0.1) is 0 Å². The van der Waals surface area contributed by atoms with E-state index in [4.69, 9.17) is 21.1 Å². The largest absolute Gasteiger partial charge is 0.490 e. The van der Waals surface area contributed by atoms with Crippen molar-refractivity contribution in [2.24, 2.45) is 0 Å². The lowest BCUT2D eigenvalue weighted by atomic mass is 10.0. The minimum atomic E-state index is -0.532. The number of halogens is 1. The van der Waals surface area contributed by atoms with Gasteiger partial charge in [0.15, 0.2) is 11.5 Å². The Balaban J connectivity index is 2.72. The van der Waals surface area contributed by atoms with Gasteiger partial charge >= 0.3 is 5.97 Å². The molecule has 0 atom stereocenters. The van der Waals surface area contributed by atoms with Crippen molar-refractivity contribution in [2.75, 3.05) is 6.61 Å². The number of nitrogens with zero attached hydrogens (tertiary/aromatic N) is 1. The van der Waals surface area contributed by atoms with Crippen LogP contribution in [-0.4, -0.2) is 17.6 Å². The van der Waals surface area contributed by atoms with Crippen LogP contribution < -0.4 is 15.0 Å². The summed E-state index contributed by atoms with van der Waals surface area (Å²) in [5, 5.41) is 9.41. The number of nitriles is 1. The molecule has 124 valence electrons. The molecule has 1 N–H and O–H groups in total. The lowest BCUT2D eigenvalue weighted by Gasteiger charge is -2.14. The van der Waals surface area contributed by atoms with Crippen molar-refractivity contribution in [3.8, 4) is 28.7 Å². The number of H-pyrrole nitrogens is 1. The molecule has 0 aliphatic carbocycles. The van der Waals surface area contributed by atoms with Gasteiger partial charge in [0.1, 0.15) is 11.6 Å². The van der Waals surface area contributed by atoms with Crippen LogP contribution >= 0.6 is 11.6 Å². The van der Waals surface area contributed by atoms with E-state index in [9.17, 15) is 14.9 Å². The topological polar surface area (TPSA) is 92.2 Å². The highest BCUT2D eigenvalue weighted by molar-refractivity contribution is 6.32. The maximum atomic E-state index is 12.0. The number of hydrogen-bond donors (Lipinski definition) is 1. The standard InChI is InChI=1S/C17H15ClN2O4/c1-4-23-15-7-11(6-14(18)16(15)24-10(3)21)12-5-9(2)20-17(22)13(12)8-19/h5-7H,4H2,1-3H3,(H,20,22). The fourth-order valence-electron chi connectivity index (χ4n) is 2.26. The minimum absolute atomic E-state index is 0.0284. The summed E-state index contributed by atoms with van der Waals surface area (Å²) >= 11 is 6.21. The van der Waals surface area contributed by atoms with Gasteiger partial charge in [0.25, 0.3) is 5.56 Å². The molecule has 0 amide bonds. The number of carbonyl (C=O) groups is 1. The monoisotopic (exact) mass is 346 g/mol. The molecule has 0 bridgehead atoms. The average molecular weight is 347 g/mol. The van der Waals surface area contributed by atoms with Crippen molar-refractivity contribution in [1.29, 1.82) is 5.26 Å². The highest BCUT2D eigenvalue weighted by Gasteiger charge is 2.18. The molecule has 6 nitrogen and oxygen atoms in total. The Morgan fingerprint density at radius 1 is 1.38 bits per heavy atom. The summed E-state index contributed by atoms with van der Waals surface area (Å²) in [7, 11) is 0. The van der Waals surface area contributed by atoms with Gasteiger partial charge in [0.05, 0.1) is 11.6 Å². The van der Waals surface area contributed by atoms with Crippen LogP contribution in [0.5, 0.6) is 11.5 Å². The van der Waals surface area contributed by atoms with E-state index in [0.717, 1.165) is 0 Å². The van der Waals surface area contributed by atoms with Gasteiger partial charge in [-0.3, -0.25) is 9.59 Å². The molecule has 2 aromatic rings. The number of aromatic amines is 1. The third kappa shape index (κ3) is 3.58. The molecule has 24 heavy (non-hydrogen) atoms. The van der Waals surface area contributed by atoms with Gasteiger partial charge in [0, 0.05) is 18.2 Å².